The van der Waals surface area contributed by atoms with Crippen LogP contribution in [0.25, 0.3) is 6.08 Å². The van der Waals surface area contributed by atoms with Gasteiger partial charge in [0.15, 0.2) is 0 Å². The molecule has 1 aliphatic rings. The minimum atomic E-state index is -0.344. The number of nitrogens with one attached hydrogen (secondary N) is 1. The van der Waals surface area contributed by atoms with E-state index in [-0.39, 0.29) is 11.5 Å². The number of aliphatic imine (C=N–C) groups is 1. The van der Waals surface area contributed by atoms with E-state index in [1.165, 1.54) is 7.05 Å². The van der Waals surface area contributed by atoms with Gasteiger partial charge in [-0.2, -0.15) is 0 Å². The predicted octanol–water partition coefficient (Wildman–Crippen LogP) is 2.38. The zero-order valence-electron chi connectivity index (χ0n) is 13.3. The van der Waals surface area contributed by atoms with Crippen LogP contribution in [0.1, 0.15) is 11.1 Å². The van der Waals surface area contributed by atoms with Crippen LogP contribution in [-0.4, -0.2) is 29.1 Å². The third kappa shape index (κ3) is 3.41. The molecule has 5 nitrogen and oxygen atoms in total. The van der Waals surface area contributed by atoms with Gasteiger partial charge in [-0.25, -0.2) is 4.74 Å². The zero-order chi connectivity index (χ0) is 16.9. The smallest absolute Gasteiger partial charge is 0.303 e. The van der Waals surface area contributed by atoms with Crippen LogP contribution in [0.3, 0.4) is 0 Å². The van der Waals surface area contributed by atoms with Gasteiger partial charge in [-0.05, 0) is 17.2 Å². The number of benzene rings is 2. The van der Waals surface area contributed by atoms with Crippen LogP contribution in [0.15, 0.2) is 71.4 Å². The molecule has 1 N–H and O–H groups in total. The molecule has 0 amide bonds. The Kier molecular flexibility index (Phi) is 4.52. The van der Waals surface area contributed by atoms with Gasteiger partial charge in [0.05, 0.1) is 12.2 Å². The number of hydrogen-bond donors (Lipinski definition) is 1. The lowest BCUT2D eigenvalue weighted by atomic mass is 10.1. The molecule has 24 heavy (non-hydrogen) atoms. The number of ketones is 1. The van der Waals surface area contributed by atoms with Crippen molar-refractivity contribution in [3.8, 4) is 0 Å². The standard InChI is InChI=1S/C19H17N3O2/c1-22(24)17-18(23)16(12-14-8-4-2-5-9-14)21-19(17)20-13-15-10-6-3-7-11-15/h2-12H,13H2,1H3,(H,20,21)/b16-12-,22-17-. The number of allylic oxidation sites excluding steroid dienone is 1. The third-order valence-corrected chi connectivity index (χ3v) is 3.63. The lowest BCUT2D eigenvalue weighted by molar-refractivity contribution is -0.419. The molecule has 0 aliphatic carbocycles. The largest absolute Gasteiger partial charge is 0.623 e. The first-order valence-corrected chi connectivity index (χ1v) is 7.60. The Labute approximate surface area is 140 Å². The lowest BCUT2D eigenvalue weighted by Crippen LogP contribution is -2.27. The molecule has 0 aromatic heterocycles. The van der Waals surface area contributed by atoms with Crippen LogP contribution in [0, 0.1) is 5.21 Å². The highest BCUT2D eigenvalue weighted by Crippen LogP contribution is 2.12. The molecule has 1 fully saturated rings. The van der Waals surface area contributed by atoms with E-state index in [9.17, 15) is 10.0 Å². The highest BCUT2D eigenvalue weighted by Gasteiger charge is 2.37. The average molecular weight is 319 g/mol. The van der Waals surface area contributed by atoms with Gasteiger partial charge in [-0.1, -0.05) is 60.7 Å². The summed E-state index contributed by atoms with van der Waals surface area (Å²) in [5, 5.41) is 14.8. The van der Waals surface area contributed by atoms with E-state index in [1.807, 2.05) is 60.7 Å². The van der Waals surface area contributed by atoms with Gasteiger partial charge in [0, 0.05) is 0 Å². The second kappa shape index (κ2) is 6.91. The molecule has 0 unspecified atom stereocenters. The number of carbonyl (C=O) groups excluding carboxylic acids is 1. The summed E-state index contributed by atoms with van der Waals surface area (Å²) < 4.78 is 0.561. The van der Waals surface area contributed by atoms with Crippen molar-refractivity contribution in [1.82, 2.24) is 5.32 Å². The van der Waals surface area contributed by atoms with Gasteiger partial charge < -0.3 is 10.5 Å². The van der Waals surface area contributed by atoms with Crippen molar-refractivity contribution in [2.24, 2.45) is 4.99 Å². The minimum absolute atomic E-state index is 0.0353. The number of rotatable bonds is 3. The number of hydroxylamine groups is 1. The van der Waals surface area contributed by atoms with Gasteiger partial charge in [0.1, 0.15) is 7.05 Å². The molecule has 1 heterocycles. The van der Waals surface area contributed by atoms with Crippen LogP contribution in [0.4, 0.5) is 0 Å². The Bertz CT molecular complexity index is 833. The quantitative estimate of drug-likeness (QED) is 0.409. The fourth-order valence-corrected chi connectivity index (χ4v) is 2.46. The summed E-state index contributed by atoms with van der Waals surface area (Å²) in [7, 11) is 1.30. The average Bonchev–Trinajstić information content (AvgIpc) is 2.91. The second-order valence-electron chi connectivity index (χ2n) is 5.42. The molecule has 1 saturated heterocycles. The van der Waals surface area contributed by atoms with Crippen LogP contribution >= 0.6 is 0 Å². The van der Waals surface area contributed by atoms with Crippen molar-refractivity contribution < 1.29 is 9.53 Å². The monoisotopic (exact) mass is 319 g/mol. The molecule has 1 aliphatic heterocycles. The SMILES string of the molecule is C/[N+]([O-])=C1\C(=O)/C(=C/c2ccccc2)NC1=NCc1ccccc1. The van der Waals surface area contributed by atoms with E-state index in [2.05, 4.69) is 10.3 Å². The second-order valence-corrected chi connectivity index (χ2v) is 5.42. The summed E-state index contributed by atoms with van der Waals surface area (Å²) in [6.07, 6.45) is 1.72. The number of nitrogens with zero attached hydrogens (tertiary/aromatic N) is 2. The minimum Gasteiger partial charge on any atom is -0.623 e. The fraction of sp³-hybridized carbons (Fsp3) is 0.105. The van der Waals surface area contributed by atoms with Crippen molar-refractivity contribution in [1.29, 1.82) is 0 Å². The molecule has 120 valence electrons. The lowest BCUT2D eigenvalue weighted by Gasteiger charge is -2.01. The summed E-state index contributed by atoms with van der Waals surface area (Å²) in [5.41, 5.74) is 2.28. The van der Waals surface area contributed by atoms with Crippen LogP contribution < -0.4 is 5.32 Å². The maximum absolute atomic E-state index is 12.5. The molecule has 0 bridgehead atoms. The van der Waals surface area contributed by atoms with Crippen molar-refractivity contribution in [3.63, 3.8) is 0 Å². The Morgan fingerprint density at radius 3 is 2.33 bits per heavy atom. The highest BCUT2D eigenvalue weighted by atomic mass is 16.5. The maximum atomic E-state index is 12.5. The topological polar surface area (TPSA) is 67.5 Å². The van der Waals surface area contributed by atoms with Gasteiger partial charge in [-0.3, -0.25) is 9.79 Å². The van der Waals surface area contributed by atoms with E-state index >= 15 is 0 Å². The van der Waals surface area contributed by atoms with Crippen LogP contribution in [-0.2, 0) is 11.3 Å². The molecule has 0 saturated carbocycles. The molecule has 2 aromatic rings. The molecule has 0 spiro atoms. The van der Waals surface area contributed by atoms with E-state index in [0.717, 1.165) is 11.1 Å². The van der Waals surface area contributed by atoms with E-state index < -0.39 is 0 Å². The normalized spacial score (nSPS) is 19.6. The van der Waals surface area contributed by atoms with Crippen molar-refractivity contribution in [2.45, 2.75) is 6.54 Å². The first-order chi connectivity index (χ1) is 11.6. The number of Topliss-reactive ketones (excluding diaryl/α,β-unsaturated/α-hetero) is 1. The van der Waals surface area contributed by atoms with Gasteiger partial charge in [0.2, 0.25) is 5.84 Å². The van der Waals surface area contributed by atoms with Gasteiger partial charge in [0.25, 0.3) is 5.78 Å². The summed E-state index contributed by atoms with van der Waals surface area (Å²) >= 11 is 0. The molecule has 0 atom stereocenters. The Balaban J connectivity index is 1.91. The molecule has 0 radical (unpaired) electrons. The molecule has 2 aromatic carbocycles. The molecular weight excluding hydrogens is 302 g/mol. The van der Waals surface area contributed by atoms with E-state index in [0.29, 0.717) is 22.8 Å². The first kappa shape index (κ1) is 15.7. The molecule has 3 rings (SSSR count). The highest BCUT2D eigenvalue weighted by molar-refractivity contribution is 6.72. The molecular formula is C19H17N3O2. The van der Waals surface area contributed by atoms with Crippen molar-refractivity contribution in [3.05, 3.63) is 82.7 Å². The van der Waals surface area contributed by atoms with Gasteiger partial charge >= 0.3 is 5.71 Å². The summed E-state index contributed by atoms with van der Waals surface area (Å²) in [5.74, 6) is -0.0355. The van der Waals surface area contributed by atoms with Crippen LogP contribution in [0.2, 0.25) is 0 Å². The van der Waals surface area contributed by atoms with Crippen molar-refractivity contribution >= 4 is 23.4 Å². The summed E-state index contributed by atoms with van der Waals surface area (Å²) in [6, 6.07) is 19.1. The Morgan fingerprint density at radius 2 is 1.71 bits per heavy atom. The number of amidine groups is 1. The summed E-state index contributed by atoms with van der Waals surface area (Å²) in [6.45, 7) is 0.395. The fourth-order valence-electron chi connectivity index (χ4n) is 2.46. The van der Waals surface area contributed by atoms with E-state index in [1.54, 1.807) is 6.08 Å². The maximum Gasteiger partial charge on any atom is 0.303 e. The number of carbonyl (C=O) groups is 1. The number of hydrogen-bond acceptors (Lipinski definition) is 3. The third-order valence-electron chi connectivity index (χ3n) is 3.63. The first-order valence-electron chi connectivity index (χ1n) is 7.60. The van der Waals surface area contributed by atoms with Gasteiger partial charge in [-0.15, -0.1) is 0 Å². The zero-order valence-corrected chi connectivity index (χ0v) is 13.3. The Morgan fingerprint density at radius 1 is 1.08 bits per heavy atom. The van der Waals surface area contributed by atoms with Crippen LogP contribution in [0.5, 0.6) is 0 Å². The predicted molar refractivity (Wildman–Crippen MR) is 94.7 cm³/mol. The Hall–Kier alpha value is -3.21. The van der Waals surface area contributed by atoms with E-state index in [4.69, 9.17) is 0 Å². The molecule has 5 heteroatoms. The van der Waals surface area contributed by atoms with Crippen molar-refractivity contribution in [2.75, 3.05) is 7.05 Å². The summed E-state index contributed by atoms with van der Waals surface area (Å²) in [4.78, 5) is 16.9.